The predicted octanol–water partition coefficient (Wildman–Crippen LogP) is 2.02. The van der Waals surface area contributed by atoms with Gasteiger partial charge in [0.05, 0.1) is 11.1 Å². The molecule has 1 aromatic rings. The Labute approximate surface area is 92.2 Å². The molecule has 1 rings (SSSR count). The van der Waals surface area contributed by atoms with E-state index in [1.165, 1.54) is 0 Å². The standard InChI is InChI=1S/C10H14BrNO2/c1-12-5-8-7(6-14-2)3-4-9(11)10(8)13/h3-4,12-13H,5-6H2,1-2H3. The zero-order valence-corrected chi connectivity index (χ0v) is 9.89. The van der Waals surface area contributed by atoms with Gasteiger partial charge in [0.2, 0.25) is 0 Å². The fraction of sp³-hybridized carbons (Fsp3) is 0.400. The van der Waals surface area contributed by atoms with E-state index in [1.807, 2.05) is 19.2 Å². The number of hydrogen-bond acceptors (Lipinski definition) is 3. The third-order valence-electron chi connectivity index (χ3n) is 1.98. The van der Waals surface area contributed by atoms with Crippen LogP contribution in [0.5, 0.6) is 5.75 Å². The molecule has 0 saturated heterocycles. The molecule has 78 valence electrons. The van der Waals surface area contributed by atoms with E-state index in [1.54, 1.807) is 7.11 Å². The van der Waals surface area contributed by atoms with Crippen molar-refractivity contribution in [3.8, 4) is 5.75 Å². The Morgan fingerprint density at radius 1 is 1.50 bits per heavy atom. The van der Waals surface area contributed by atoms with Crippen molar-refractivity contribution in [2.45, 2.75) is 13.2 Å². The Morgan fingerprint density at radius 3 is 2.79 bits per heavy atom. The molecule has 0 aliphatic carbocycles. The summed E-state index contributed by atoms with van der Waals surface area (Å²) in [5.74, 6) is 0.286. The van der Waals surface area contributed by atoms with Gasteiger partial charge in [-0.25, -0.2) is 0 Å². The minimum Gasteiger partial charge on any atom is -0.506 e. The van der Waals surface area contributed by atoms with E-state index in [0.717, 1.165) is 11.1 Å². The highest BCUT2D eigenvalue weighted by atomic mass is 79.9. The van der Waals surface area contributed by atoms with Crippen LogP contribution in [0.1, 0.15) is 11.1 Å². The summed E-state index contributed by atoms with van der Waals surface area (Å²) < 4.78 is 5.77. The fourth-order valence-electron chi connectivity index (χ4n) is 1.31. The first-order chi connectivity index (χ1) is 6.70. The number of phenolic OH excluding ortho intramolecular Hbond substituents is 1. The molecule has 0 atom stereocenters. The van der Waals surface area contributed by atoms with E-state index < -0.39 is 0 Å². The van der Waals surface area contributed by atoms with Crippen LogP contribution in [0.3, 0.4) is 0 Å². The molecule has 3 nitrogen and oxygen atoms in total. The molecule has 0 spiro atoms. The lowest BCUT2D eigenvalue weighted by Crippen LogP contribution is -2.08. The number of halogens is 1. The number of rotatable bonds is 4. The average Bonchev–Trinajstić information content (AvgIpc) is 2.18. The van der Waals surface area contributed by atoms with Crippen molar-refractivity contribution in [2.24, 2.45) is 0 Å². The van der Waals surface area contributed by atoms with Crippen LogP contribution in [-0.4, -0.2) is 19.3 Å². The molecule has 4 heteroatoms. The first kappa shape index (κ1) is 11.5. The fourth-order valence-corrected chi connectivity index (χ4v) is 1.69. The van der Waals surface area contributed by atoms with Gasteiger partial charge in [-0.3, -0.25) is 0 Å². The number of ether oxygens (including phenoxy) is 1. The van der Waals surface area contributed by atoms with Gasteiger partial charge in [-0.05, 0) is 34.6 Å². The molecule has 0 unspecified atom stereocenters. The molecule has 1 aromatic carbocycles. The van der Waals surface area contributed by atoms with Crippen molar-refractivity contribution in [2.75, 3.05) is 14.2 Å². The van der Waals surface area contributed by atoms with Gasteiger partial charge in [0.25, 0.3) is 0 Å². The van der Waals surface area contributed by atoms with Crippen molar-refractivity contribution in [1.29, 1.82) is 0 Å². The minimum absolute atomic E-state index is 0.286. The summed E-state index contributed by atoms with van der Waals surface area (Å²) in [7, 11) is 3.49. The Bertz CT molecular complexity index is 315. The van der Waals surface area contributed by atoms with Gasteiger partial charge in [-0.1, -0.05) is 6.07 Å². The Balaban J connectivity index is 3.08. The number of methoxy groups -OCH3 is 1. The second-order valence-electron chi connectivity index (χ2n) is 3.00. The van der Waals surface area contributed by atoms with E-state index in [9.17, 15) is 5.11 Å². The van der Waals surface area contributed by atoms with Crippen molar-refractivity contribution >= 4 is 15.9 Å². The number of phenols is 1. The van der Waals surface area contributed by atoms with Crippen LogP contribution in [0.4, 0.5) is 0 Å². The lowest BCUT2D eigenvalue weighted by Gasteiger charge is -2.11. The SMILES string of the molecule is CNCc1c(COC)ccc(Br)c1O. The van der Waals surface area contributed by atoms with Gasteiger partial charge < -0.3 is 15.2 Å². The first-order valence-corrected chi connectivity index (χ1v) is 5.12. The normalized spacial score (nSPS) is 10.5. The summed E-state index contributed by atoms with van der Waals surface area (Å²) in [5.41, 5.74) is 1.88. The molecule has 0 aromatic heterocycles. The lowest BCUT2D eigenvalue weighted by molar-refractivity contribution is 0.183. The Morgan fingerprint density at radius 2 is 2.21 bits per heavy atom. The second-order valence-corrected chi connectivity index (χ2v) is 3.85. The molecule has 0 aliphatic heterocycles. The zero-order valence-electron chi connectivity index (χ0n) is 8.30. The van der Waals surface area contributed by atoms with Crippen LogP contribution in [0.25, 0.3) is 0 Å². The van der Waals surface area contributed by atoms with Crippen molar-refractivity contribution in [3.63, 3.8) is 0 Å². The van der Waals surface area contributed by atoms with Gasteiger partial charge in [0.1, 0.15) is 5.75 Å². The summed E-state index contributed by atoms with van der Waals surface area (Å²) in [6, 6.07) is 3.77. The monoisotopic (exact) mass is 259 g/mol. The first-order valence-electron chi connectivity index (χ1n) is 4.33. The van der Waals surface area contributed by atoms with Gasteiger partial charge in [0.15, 0.2) is 0 Å². The summed E-state index contributed by atoms with van der Waals surface area (Å²) in [6.45, 7) is 1.14. The van der Waals surface area contributed by atoms with Crippen molar-refractivity contribution < 1.29 is 9.84 Å². The topological polar surface area (TPSA) is 41.5 Å². The average molecular weight is 260 g/mol. The van der Waals surface area contributed by atoms with E-state index in [4.69, 9.17) is 4.74 Å². The van der Waals surface area contributed by atoms with Gasteiger partial charge >= 0.3 is 0 Å². The summed E-state index contributed by atoms with van der Waals surface area (Å²) in [6.07, 6.45) is 0. The highest BCUT2D eigenvalue weighted by Gasteiger charge is 2.09. The summed E-state index contributed by atoms with van der Waals surface area (Å²) in [4.78, 5) is 0. The molecule has 0 saturated carbocycles. The van der Waals surface area contributed by atoms with Crippen LogP contribution in [-0.2, 0) is 17.9 Å². The van der Waals surface area contributed by atoms with E-state index >= 15 is 0 Å². The van der Waals surface area contributed by atoms with Crippen LogP contribution >= 0.6 is 15.9 Å². The predicted molar refractivity (Wildman–Crippen MR) is 59.3 cm³/mol. The molecule has 0 aliphatic rings. The third kappa shape index (κ3) is 2.47. The Kier molecular flexibility index (Phi) is 4.38. The van der Waals surface area contributed by atoms with E-state index in [2.05, 4.69) is 21.2 Å². The highest BCUT2D eigenvalue weighted by molar-refractivity contribution is 9.10. The highest BCUT2D eigenvalue weighted by Crippen LogP contribution is 2.30. The molecule has 0 radical (unpaired) electrons. The lowest BCUT2D eigenvalue weighted by atomic mass is 10.1. The summed E-state index contributed by atoms with van der Waals surface area (Å²) in [5, 5.41) is 12.8. The molecular weight excluding hydrogens is 246 g/mol. The molecule has 0 heterocycles. The zero-order chi connectivity index (χ0) is 10.6. The van der Waals surface area contributed by atoms with Gasteiger partial charge in [0, 0.05) is 19.2 Å². The number of aromatic hydroxyl groups is 1. The van der Waals surface area contributed by atoms with E-state index in [0.29, 0.717) is 17.6 Å². The third-order valence-corrected chi connectivity index (χ3v) is 2.62. The van der Waals surface area contributed by atoms with Gasteiger partial charge in [-0.15, -0.1) is 0 Å². The number of benzene rings is 1. The van der Waals surface area contributed by atoms with Crippen LogP contribution in [0.15, 0.2) is 16.6 Å². The quantitative estimate of drug-likeness (QED) is 0.870. The Hall–Kier alpha value is -0.580. The van der Waals surface area contributed by atoms with E-state index in [-0.39, 0.29) is 5.75 Å². The van der Waals surface area contributed by atoms with Crippen molar-refractivity contribution in [1.82, 2.24) is 5.32 Å². The molecule has 14 heavy (non-hydrogen) atoms. The maximum atomic E-state index is 9.79. The van der Waals surface area contributed by atoms with Crippen LogP contribution < -0.4 is 5.32 Å². The van der Waals surface area contributed by atoms with Crippen LogP contribution in [0.2, 0.25) is 0 Å². The molecular formula is C10H14BrNO2. The summed E-state index contributed by atoms with van der Waals surface area (Å²) >= 11 is 3.28. The largest absolute Gasteiger partial charge is 0.506 e. The molecule has 2 N–H and O–H groups in total. The maximum absolute atomic E-state index is 9.79. The van der Waals surface area contributed by atoms with Crippen molar-refractivity contribution in [3.05, 3.63) is 27.7 Å². The number of nitrogens with one attached hydrogen (secondary N) is 1. The maximum Gasteiger partial charge on any atom is 0.134 e. The minimum atomic E-state index is 0.286. The second kappa shape index (κ2) is 5.34. The van der Waals surface area contributed by atoms with Gasteiger partial charge in [-0.2, -0.15) is 0 Å². The smallest absolute Gasteiger partial charge is 0.134 e. The van der Waals surface area contributed by atoms with Crippen LogP contribution in [0, 0.1) is 0 Å². The molecule has 0 amide bonds. The molecule has 0 fully saturated rings. The number of hydrogen-bond donors (Lipinski definition) is 2. The molecule has 0 bridgehead atoms.